The molecule has 2 aromatic carbocycles. The molecular weight excluding hydrogens is 692 g/mol. The molecule has 7 heterocycles. The molecule has 0 aliphatic carbocycles. The summed E-state index contributed by atoms with van der Waals surface area (Å²) >= 11 is 3.55. The number of imidazole rings is 1. The van der Waals surface area contributed by atoms with Gasteiger partial charge in [-0.15, -0.1) is 15.3 Å². The Kier molecular flexibility index (Phi) is 6.23. The molecule has 0 amide bonds. The van der Waals surface area contributed by atoms with E-state index in [9.17, 15) is 8.78 Å². The van der Waals surface area contributed by atoms with Gasteiger partial charge in [0.1, 0.15) is 35.8 Å². The van der Waals surface area contributed by atoms with Crippen LogP contribution in [0, 0.1) is 0 Å². The van der Waals surface area contributed by atoms with Gasteiger partial charge in [-0.3, -0.25) is 9.25 Å². The molecule has 3 aromatic heterocycles. The van der Waals surface area contributed by atoms with E-state index in [1.54, 1.807) is 45.2 Å². The Morgan fingerprint density at radius 3 is 2.71 bits per heavy atom. The minimum atomic E-state index is -2.90. The number of hydroxylamine groups is 1. The van der Waals surface area contributed by atoms with E-state index in [2.05, 4.69) is 46.8 Å². The normalized spacial score (nSPS) is 17.4. The van der Waals surface area contributed by atoms with Gasteiger partial charge in [-0.25, -0.2) is 28.9 Å². The summed E-state index contributed by atoms with van der Waals surface area (Å²) in [6, 6.07) is 13.0. The van der Waals surface area contributed by atoms with Crippen LogP contribution in [0.5, 0.6) is 0 Å². The van der Waals surface area contributed by atoms with Crippen molar-refractivity contribution in [2.24, 2.45) is 17.3 Å². The van der Waals surface area contributed by atoms with Crippen molar-refractivity contribution in [3.8, 4) is 17.1 Å². The first kappa shape index (κ1) is 28.3. The molecule has 0 radical (unpaired) electrons. The van der Waals surface area contributed by atoms with Crippen molar-refractivity contribution in [3.63, 3.8) is 0 Å². The minimum absolute atomic E-state index is 0.00391. The number of anilines is 1. The zero-order valence-corrected chi connectivity index (χ0v) is 26.7. The van der Waals surface area contributed by atoms with Gasteiger partial charge in [-0.2, -0.15) is 15.1 Å². The number of allylic oxidation sites excluding steroid dienone is 2. The molecule has 4 aliphatic heterocycles. The van der Waals surface area contributed by atoms with Gasteiger partial charge < -0.3 is 9.57 Å². The highest BCUT2D eigenvalue weighted by atomic mass is 79.9. The third kappa shape index (κ3) is 4.32. The van der Waals surface area contributed by atoms with Crippen LogP contribution in [0.25, 0.3) is 17.1 Å². The Balaban J connectivity index is 1.26. The van der Waals surface area contributed by atoms with Crippen LogP contribution in [0.1, 0.15) is 41.6 Å². The summed E-state index contributed by atoms with van der Waals surface area (Å²) in [6.07, 6.45) is 2.03. The van der Waals surface area contributed by atoms with Crippen molar-refractivity contribution < 1.29 is 18.4 Å². The topological polar surface area (TPSA) is 141 Å². The van der Waals surface area contributed by atoms with Gasteiger partial charge in [0.2, 0.25) is 11.8 Å². The average Bonchev–Trinajstić information content (AvgIpc) is 3.90. The molecule has 0 saturated carbocycles. The zero-order valence-electron chi connectivity index (χ0n) is 25.1. The molecule has 4 aliphatic rings. The Bertz CT molecular complexity index is 2280. The van der Waals surface area contributed by atoms with Gasteiger partial charge in [-0.1, -0.05) is 39.3 Å². The predicted octanol–water partition coefficient (Wildman–Crippen LogP) is 4.30. The molecule has 1 N–H and O–H groups in total. The quantitative estimate of drug-likeness (QED) is 0.281. The summed E-state index contributed by atoms with van der Waals surface area (Å²) in [5.74, 6) is 2.29. The Labute approximate surface area is 278 Å². The summed E-state index contributed by atoms with van der Waals surface area (Å²) in [4.78, 5) is 14.6. The number of nitrogens with one attached hydrogen (secondary N) is 1. The molecule has 18 heteroatoms. The lowest BCUT2D eigenvalue weighted by molar-refractivity contribution is 0.145. The highest BCUT2D eigenvalue weighted by Gasteiger charge is 2.43. The van der Waals surface area contributed by atoms with E-state index in [0.717, 1.165) is 4.47 Å². The molecular formula is C30H22BrF2N13O2. The molecule has 0 unspecified atom stereocenters. The number of hydrogen-bond acceptors (Lipinski definition) is 12. The molecule has 5 aromatic rings. The first-order valence-corrected chi connectivity index (χ1v) is 15.4. The third-order valence-corrected chi connectivity index (χ3v) is 8.53. The van der Waals surface area contributed by atoms with Gasteiger partial charge in [0.25, 0.3) is 6.43 Å². The lowest BCUT2D eigenvalue weighted by atomic mass is 10.0. The van der Waals surface area contributed by atoms with Gasteiger partial charge in [-0.05, 0) is 31.2 Å². The highest BCUT2D eigenvalue weighted by molar-refractivity contribution is 9.10. The molecule has 48 heavy (non-hydrogen) atoms. The number of rotatable bonds is 4. The lowest BCUT2D eigenvalue weighted by Crippen LogP contribution is -2.34. The van der Waals surface area contributed by atoms with Crippen LogP contribution < -0.4 is 10.5 Å². The number of fused-ring (bicyclic) bond motifs is 8. The lowest BCUT2D eigenvalue weighted by Gasteiger charge is -2.26. The van der Waals surface area contributed by atoms with Gasteiger partial charge >= 0.3 is 0 Å². The number of nitrogens with zero attached hydrogens (tertiary/aromatic N) is 12. The second kappa shape index (κ2) is 10.6. The number of alkyl halides is 2. The van der Waals surface area contributed by atoms with E-state index in [4.69, 9.17) is 19.8 Å². The van der Waals surface area contributed by atoms with Crippen molar-refractivity contribution >= 4 is 33.6 Å². The SMILES string of the molecule is CC1=CC(=C2N3N=C(OCc4cn(C)nn4)c4ccccc4C3=NN2c2nc(C(F)F)c3n2-c2ccc(Br)cc2-c2ncnn2C3)NO1. The third-order valence-electron chi connectivity index (χ3n) is 8.04. The number of ether oxygens (including phenoxy) is 1. The Morgan fingerprint density at radius 2 is 1.94 bits per heavy atom. The van der Waals surface area contributed by atoms with Crippen molar-refractivity contribution in [2.75, 3.05) is 5.01 Å². The number of hydrazone groups is 2. The Morgan fingerprint density at radius 1 is 1.08 bits per heavy atom. The van der Waals surface area contributed by atoms with E-state index in [-0.39, 0.29) is 24.8 Å². The smallest absolute Gasteiger partial charge is 0.282 e. The van der Waals surface area contributed by atoms with E-state index < -0.39 is 12.1 Å². The van der Waals surface area contributed by atoms with Crippen LogP contribution >= 0.6 is 15.9 Å². The first-order valence-electron chi connectivity index (χ1n) is 14.6. The maximum absolute atomic E-state index is 14.9. The fraction of sp³-hybridized carbons (Fsp3) is 0.167. The van der Waals surface area contributed by atoms with Gasteiger partial charge in [0.15, 0.2) is 17.5 Å². The minimum Gasteiger partial charge on any atom is -0.470 e. The maximum atomic E-state index is 14.9. The average molecular weight is 714 g/mol. The molecule has 0 spiro atoms. The van der Waals surface area contributed by atoms with Gasteiger partial charge in [0.05, 0.1) is 24.1 Å². The predicted molar refractivity (Wildman–Crippen MR) is 169 cm³/mol. The largest absolute Gasteiger partial charge is 0.470 e. The van der Waals surface area contributed by atoms with Crippen LogP contribution in [0.2, 0.25) is 0 Å². The second-order valence-electron chi connectivity index (χ2n) is 11.1. The fourth-order valence-corrected chi connectivity index (χ4v) is 6.39. The molecule has 0 saturated heterocycles. The summed E-state index contributed by atoms with van der Waals surface area (Å²) in [6.45, 7) is 1.89. The van der Waals surface area contributed by atoms with Crippen LogP contribution in [0.3, 0.4) is 0 Å². The number of hydrogen-bond donors (Lipinski definition) is 1. The fourth-order valence-electron chi connectivity index (χ4n) is 6.02. The van der Waals surface area contributed by atoms with Crippen LogP contribution in [-0.2, 0) is 29.8 Å². The first-order chi connectivity index (χ1) is 23.3. The van der Waals surface area contributed by atoms with E-state index in [0.29, 0.717) is 62.9 Å². The summed E-state index contributed by atoms with van der Waals surface area (Å²) in [5.41, 5.74) is 6.46. The zero-order chi connectivity index (χ0) is 32.7. The monoisotopic (exact) mass is 713 g/mol. The van der Waals surface area contributed by atoms with E-state index in [1.165, 1.54) is 11.3 Å². The second-order valence-corrected chi connectivity index (χ2v) is 12.1. The molecule has 0 fully saturated rings. The van der Waals surface area contributed by atoms with E-state index in [1.807, 2.05) is 42.5 Å². The number of aromatic nitrogens is 8. The summed E-state index contributed by atoms with van der Waals surface area (Å²) in [7, 11) is 1.77. The maximum Gasteiger partial charge on any atom is 0.282 e. The van der Waals surface area contributed by atoms with Crippen LogP contribution in [0.15, 0.2) is 93.0 Å². The molecule has 15 nitrogen and oxygen atoms in total. The summed E-state index contributed by atoms with van der Waals surface area (Å²) < 4.78 is 41.5. The molecule has 240 valence electrons. The summed E-state index contributed by atoms with van der Waals surface area (Å²) in [5, 5.41) is 25.4. The van der Waals surface area contributed by atoms with Crippen LogP contribution in [-0.4, -0.2) is 56.1 Å². The van der Waals surface area contributed by atoms with Crippen molar-refractivity contribution in [1.29, 1.82) is 0 Å². The number of aryl methyl sites for hydroxylation is 1. The molecule has 9 rings (SSSR count). The van der Waals surface area contributed by atoms with Crippen molar-refractivity contribution in [3.05, 3.63) is 111 Å². The standard InChI is InChI=1S/C30H22BrF2N13O2/c1-15-9-21(40-48-15)29-45-27(18-5-3-4-6-19(18)28(39-45)47-13-17-11-42(2)41-37-17)38-46(29)30-36-24(25(32)33)23-12-43-26(34-14-35-43)20-10-16(31)7-8-22(20)44(23)30/h3-11,14,25,40H,12-13H2,1-2H3. The highest BCUT2D eigenvalue weighted by Crippen LogP contribution is 2.43. The van der Waals surface area contributed by atoms with Crippen LogP contribution in [0.4, 0.5) is 14.7 Å². The van der Waals surface area contributed by atoms with Gasteiger partial charge in [0, 0.05) is 34.3 Å². The molecule has 0 bridgehead atoms. The Hall–Kier alpha value is -5.91. The number of amidine groups is 1. The van der Waals surface area contributed by atoms with E-state index >= 15 is 0 Å². The molecule has 0 atom stereocenters. The number of benzene rings is 2. The number of halogens is 3. The van der Waals surface area contributed by atoms with Crippen molar-refractivity contribution in [2.45, 2.75) is 26.5 Å². The van der Waals surface area contributed by atoms with Crippen molar-refractivity contribution in [1.82, 2.24) is 49.8 Å².